The maximum Gasteiger partial charge on any atom is 0.119 e. The van der Waals surface area contributed by atoms with E-state index in [1.165, 1.54) is 17.3 Å². The van der Waals surface area contributed by atoms with Crippen molar-refractivity contribution in [2.45, 2.75) is 32.8 Å². The molecule has 3 aromatic rings. The van der Waals surface area contributed by atoms with E-state index in [0.717, 1.165) is 22.4 Å². The molecule has 1 N–H and O–H groups in total. The molecule has 0 amide bonds. The van der Waals surface area contributed by atoms with Gasteiger partial charge in [0.2, 0.25) is 0 Å². The van der Waals surface area contributed by atoms with Crippen molar-refractivity contribution in [2.24, 2.45) is 0 Å². The van der Waals surface area contributed by atoms with Crippen LogP contribution in [0.5, 0.6) is 5.75 Å². The van der Waals surface area contributed by atoms with E-state index < -0.39 is 0 Å². The molecule has 0 aliphatic rings. The van der Waals surface area contributed by atoms with Crippen LogP contribution in [-0.4, -0.2) is 6.21 Å². The van der Waals surface area contributed by atoms with Gasteiger partial charge in [-0.15, -0.1) is 0 Å². The van der Waals surface area contributed by atoms with Crippen LogP contribution in [0, 0.1) is 5.41 Å². The quantitative estimate of drug-likeness (QED) is 0.547. The largest absolute Gasteiger partial charge is 0.489 e. The summed E-state index contributed by atoms with van der Waals surface area (Å²) in [6.07, 6.45) is 1.37. The SMILES string of the molecule is CC(C)(C)c1ccc(COc2ccc(-c3cccc(C=N)c3)cc2)cc1. The summed E-state index contributed by atoms with van der Waals surface area (Å²) >= 11 is 0. The van der Waals surface area contributed by atoms with Crippen LogP contribution >= 0.6 is 0 Å². The lowest BCUT2D eigenvalue weighted by atomic mass is 9.87. The topological polar surface area (TPSA) is 33.1 Å². The van der Waals surface area contributed by atoms with E-state index in [-0.39, 0.29) is 5.41 Å². The minimum absolute atomic E-state index is 0.171. The van der Waals surface area contributed by atoms with Crippen molar-refractivity contribution in [3.8, 4) is 16.9 Å². The first kappa shape index (κ1) is 17.9. The van der Waals surface area contributed by atoms with Crippen molar-refractivity contribution < 1.29 is 4.74 Å². The molecule has 2 heteroatoms. The van der Waals surface area contributed by atoms with Crippen LogP contribution < -0.4 is 4.74 Å². The van der Waals surface area contributed by atoms with Gasteiger partial charge in [-0.25, -0.2) is 0 Å². The van der Waals surface area contributed by atoms with Gasteiger partial charge in [0.1, 0.15) is 12.4 Å². The highest BCUT2D eigenvalue weighted by molar-refractivity contribution is 5.80. The van der Waals surface area contributed by atoms with Crippen molar-refractivity contribution in [1.29, 1.82) is 5.41 Å². The molecule has 0 heterocycles. The lowest BCUT2D eigenvalue weighted by Crippen LogP contribution is -2.10. The highest BCUT2D eigenvalue weighted by Gasteiger charge is 2.12. The summed E-state index contributed by atoms with van der Waals surface area (Å²) in [7, 11) is 0. The maximum absolute atomic E-state index is 7.38. The molecule has 0 bridgehead atoms. The predicted octanol–water partition coefficient (Wildman–Crippen LogP) is 6.23. The van der Waals surface area contributed by atoms with Gasteiger partial charge in [0.05, 0.1) is 0 Å². The molecule has 132 valence electrons. The third-order valence-corrected chi connectivity index (χ3v) is 4.47. The van der Waals surface area contributed by atoms with E-state index in [0.29, 0.717) is 6.61 Å². The number of hydrogen-bond donors (Lipinski definition) is 1. The van der Waals surface area contributed by atoms with E-state index in [9.17, 15) is 0 Å². The van der Waals surface area contributed by atoms with Gasteiger partial charge < -0.3 is 10.1 Å². The van der Waals surface area contributed by atoms with Crippen molar-refractivity contribution in [3.05, 3.63) is 89.5 Å². The van der Waals surface area contributed by atoms with Gasteiger partial charge in [-0.05, 0) is 51.4 Å². The third-order valence-electron chi connectivity index (χ3n) is 4.47. The standard InChI is InChI=1S/C24H25NO/c1-24(2,3)22-11-7-18(8-12-22)17-26-23-13-9-20(10-14-23)21-6-4-5-19(15-21)16-25/h4-16,25H,17H2,1-3H3. The molecule has 0 aliphatic carbocycles. The Morgan fingerprint density at radius 1 is 0.846 bits per heavy atom. The van der Waals surface area contributed by atoms with Gasteiger partial charge in [-0.2, -0.15) is 0 Å². The Morgan fingerprint density at radius 2 is 1.54 bits per heavy atom. The molecule has 0 unspecified atom stereocenters. The third kappa shape index (κ3) is 4.40. The molecule has 2 nitrogen and oxygen atoms in total. The average molecular weight is 343 g/mol. The first-order chi connectivity index (χ1) is 12.5. The summed E-state index contributed by atoms with van der Waals surface area (Å²) < 4.78 is 5.92. The van der Waals surface area contributed by atoms with Gasteiger partial charge in [0.15, 0.2) is 0 Å². The summed E-state index contributed by atoms with van der Waals surface area (Å²) in [4.78, 5) is 0. The van der Waals surface area contributed by atoms with Crippen LogP contribution in [0.4, 0.5) is 0 Å². The fraction of sp³-hybridized carbons (Fsp3) is 0.208. The molecule has 0 saturated carbocycles. The first-order valence-corrected chi connectivity index (χ1v) is 8.89. The van der Waals surface area contributed by atoms with E-state index in [4.69, 9.17) is 10.1 Å². The molecule has 0 radical (unpaired) electrons. The molecular formula is C24H25NO. The summed E-state index contributed by atoms with van der Waals surface area (Å²) in [6.45, 7) is 7.22. The molecular weight excluding hydrogens is 318 g/mol. The van der Waals surface area contributed by atoms with Crippen LogP contribution in [0.3, 0.4) is 0 Å². The van der Waals surface area contributed by atoms with Gasteiger partial charge >= 0.3 is 0 Å². The lowest BCUT2D eigenvalue weighted by molar-refractivity contribution is 0.306. The molecule has 3 rings (SSSR count). The summed E-state index contributed by atoms with van der Waals surface area (Å²) in [5, 5.41) is 7.38. The fourth-order valence-electron chi connectivity index (χ4n) is 2.82. The highest BCUT2D eigenvalue weighted by Crippen LogP contribution is 2.25. The van der Waals surface area contributed by atoms with Crippen molar-refractivity contribution in [1.82, 2.24) is 0 Å². The Hall–Kier alpha value is -2.87. The van der Waals surface area contributed by atoms with Crippen LogP contribution in [0.15, 0.2) is 72.8 Å². The van der Waals surface area contributed by atoms with E-state index in [2.05, 4.69) is 63.2 Å². The van der Waals surface area contributed by atoms with Gasteiger partial charge in [-0.1, -0.05) is 75.4 Å². The van der Waals surface area contributed by atoms with Crippen LogP contribution in [-0.2, 0) is 12.0 Å². The number of benzene rings is 3. The zero-order valence-corrected chi connectivity index (χ0v) is 15.6. The number of rotatable bonds is 5. The smallest absolute Gasteiger partial charge is 0.119 e. The molecule has 3 aromatic carbocycles. The zero-order chi connectivity index (χ0) is 18.6. The number of nitrogens with one attached hydrogen (secondary N) is 1. The average Bonchev–Trinajstić information content (AvgIpc) is 2.66. The Bertz CT molecular complexity index is 871. The molecule has 0 fully saturated rings. The Labute approximate surface area is 156 Å². The first-order valence-electron chi connectivity index (χ1n) is 8.89. The highest BCUT2D eigenvalue weighted by atomic mass is 16.5. The summed E-state index contributed by atoms with van der Waals surface area (Å²) in [5.41, 5.74) is 5.80. The van der Waals surface area contributed by atoms with Crippen LogP contribution in [0.1, 0.15) is 37.5 Å². The van der Waals surface area contributed by atoms with Gasteiger partial charge in [-0.3, -0.25) is 0 Å². The normalized spacial score (nSPS) is 11.2. The Morgan fingerprint density at radius 3 is 2.15 bits per heavy atom. The van der Waals surface area contributed by atoms with Crippen molar-refractivity contribution >= 4 is 6.21 Å². The van der Waals surface area contributed by atoms with Crippen LogP contribution in [0.2, 0.25) is 0 Å². The molecule has 0 saturated heterocycles. The van der Waals surface area contributed by atoms with Crippen molar-refractivity contribution in [2.75, 3.05) is 0 Å². The van der Waals surface area contributed by atoms with E-state index >= 15 is 0 Å². The fourth-order valence-corrected chi connectivity index (χ4v) is 2.82. The second-order valence-electron chi connectivity index (χ2n) is 7.53. The van der Waals surface area contributed by atoms with E-state index in [1.54, 1.807) is 0 Å². The second-order valence-corrected chi connectivity index (χ2v) is 7.53. The summed E-state index contributed by atoms with van der Waals surface area (Å²) in [6, 6.07) is 24.7. The molecule has 0 aromatic heterocycles. The second kappa shape index (κ2) is 7.57. The summed E-state index contributed by atoms with van der Waals surface area (Å²) in [5.74, 6) is 0.858. The zero-order valence-electron chi connectivity index (χ0n) is 15.6. The van der Waals surface area contributed by atoms with Gasteiger partial charge in [0, 0.05) is 6.21 Å². The van der Waals surface area contributed by atoms with Gasteiger partial charge in [0.25, 0.3) is 0 Å². The maximum atomic E-state index is 7.38. The minimum atomic E-state index is 0.171. The van der Waals surface area contributed by atoms with Crippen molar-refractivity contribution in [3.63, 3.8) is 0 Å². The minimum Gasteiger partial charge on any atom is -0.489 e. The Balaban J connectivity index is 1.65. The molecule has 26 heavy (non-hydrogen) atoms. The predicted molar refractivity (Wildman–Crippen MR) is 109 cm³/mol. The molecule has 0 atom stereocenters. The number of hydrogen-bond acceptors (Lipinski definition) is 2. The van der Waals surface area contributed by atoms with Crippen LogP contribution in [0.25, 0.3) is 11.1 Å². The molecule has 0 spiro atoms. The lowest BCUT2D eigenvalue weighted by Gasteiger charge is -2.19. The Kier molecular flexibility index (Phi) is 5.22. The van der Waals surface area contributed by atoms with E-state index in [1.807, 2.05) is 30.3 Å². The molecule has 0 aliphatic heterocycles. The number of ether oxygens (including phenoxy) is 1. The monoisotopic (exact) mass is 343 g/mol.